The molecule has 4 amide bonds. The van der Waals surface area contributed by atoms with E-state index in [0.29, 0.717) is 24.0 Å². The second-order valence-corrected chi connectivity index (χ2v) is 14.1. The molecule has 9 rings (SSSR count). The predicted molar refractivity (Wildman–Crippen MR) is 181 cm³/mol. The average Bonchev–Trinajstić information content (AvgIpc) is 3.89. The number of fused-ring (bicyclic) bond motifs is 4. The zero-order valence-corrected chi connectivity index (χ0v) is 27.0. The van der Waals surface area contributed by atoms with Gasteiger partial charge in [-0.3, -0.25) is 39.1 Å². The summed E-state index contributed by atoms with van der Waals surface area (Å²) in [6, 6.07) is 12.1. The van der Waals surface area contributed by atoms with Crippen LogP contribution in [0.25, 0.3) is 22.3 Å². The molecule has 1 unspecified atom stereocenters. The number of nitrogens with one attached hydrogen (secondary N) is 3. The average molecular weight is 660 g/mol. The number of hydrogen-bond donors (Lipinski definition) is 3. The SMILES string of the molecule is O=C1CCC(N2C(=O)c3ccc(NCCCC4CC(n5cc(-c6cnc7ccc(N8C[C@@H]9C[C@H]8CN9)cc7n6)cn5)C4)cc3C2=O)C(=O)N1. The topological polar surface area (TPSA) is 154 Å². The number of benzene rings is 2. The van der Waals surface area contributed by atoms with Gasteiger partial charge >= 0.3 is 0 Å². The second-order valence-electron chi connectivity index (χ2n) is 14.1. The Kier molecular flexibility index (Phi) is 7.18. The van der Waals surface area contributed by atoms with E-state index in [1.54, 1.807) is 18.2 Å². The number of aromatic nitrogens is 4. The molecule has 13 nitrogen and oxygen atoms in total. The summed E-state index contributed by atoms with van der Waals surface area (Å²) in [5.41, 5.74) is 6.16. The zero-order chi connectivity index (χ0) is 33.2. The minimum absolute atomic E-state index is 0.0980. The highest BCUT2D eigenvalue weighted by atomic mass is 16.2. The quantitative estimate of drug-likeness (QED) is 0.180. The van der Waals surface area contributed by atoms with Crippen LogP contribution in [0.1, 0.15) is 71.7 Å². The summed E-state index contributed by atoms with van der Waals surface area (Å²) in [6.45, 7) is 2.83. The predicted octanol–water partition coefficient (Wildman–Crippen LogP) is 3.29. The molecule has 13 heteroatoms. The molecule has 2 bridgehead atoms. The fourth-order valence-corrected chi connectivity index (χ4v) is 8.22. The maximum Gasteiger partial charge on any atom is 0.262 e. The molecule has 1 saturated carbocycles. The Balaban J connectivity index is 0.764. The summed E-state index contributed by atoms with van der Waals surface area (Å²) in [5, 5.41) is 13.9. The lowest BCUT2D eigenvalue weighted by atomic mass is 9.77. The van der Waals surface area contributed by atoms with E-state index >= 15 is 0 Å². The van der Waals surface area contributed by atoms with Gasteiger partial charge in [0.2, 0.25) is 11.8 Å². The van der Waals surface area contributed by atoms with Crippen LogP contribution in [0.5, 0.6) is 0 Å². The number of amides is 4. The second kappa shape index (κ2) is 11.8. The molecule has 2 aromatic carbocycles. The fourth-order valence-electron chi connectivity index (χ4n) is 8.22. The molecule has 49 heavy (non-hydrogen) atoms. The molecule has 3 atom stereocenters. The number of anilines is 2. The highest BCUT2D eigenvalue weighted by Crippen LogP contribution is 2.41. The number of rotatable bonds is 9. The van der Waals surface area contributed by atoms with E-state index < -0.39 is 23.8 Å². The monoisotopic (exact) mass is 659 g/mol. The molecule has 4 aliphatic heterocycles. The maximum absolute atomic E-state index is 13.1. The Morgan fingerprint density at radius 2 is 1.80 bits per heavy atom. The molecule has 4 aromatic rings. The molecule has 0 radical (unpaired) electrons. The van der Waals surface area contributed by atoms with Crippen LogP contribution in [0, 0.1) is 5.92 Å². The van der Waals surface area contributed by atoms with Crippen LogP contribution in [0.15, 0.2) is 55.0 Å². The summed E-state index contributed by atoms with van der Waals surface area (Å²) >= 11 is 0. The van der Waals surface area contributed by atoms with Crippen molar-refractivity contribution in [2.45, 2.75) is 69.1 Å². The van der Waals surface area contributed by atoms with Crippen molar-refractivity contribution in [2.24, 2.45) is 5.92 Å². The lowest BCUT2D eigenvalue weighted by molar-refractivity contribution is -0.136. The summed E-state index contributed by atoms with van der Waals surface area (Å²) < 4.78 is 2.07. The number of imide groups is 2. The maximum atomic E-state index is 13.1. The number of carbonyl (C=O) groups excluding carboxylic acids is 4. The minimum Gasteiger partial charge on any atom is -0.385 e. The zero-order valence-electron chi connectivity index (χ0n) is 27.0. The van der Waals surface area contributed by atoms with Crippen LogP contribution >= 0.6 is 0 Å². The summed E-state index contributed by atoms with van der Waals surface area (Å²) in [6.07, 6.45) is 11.5. The van der Waals surface area contributed by atoms with Crippen molar-refractivity contribution < 1.29 is 19.2 Å². The summed E-state index contributed by atoms with van der Waals surface area (Å²) in [5.74, 6) is -1.36. The van der Waals surface area contributed by atoms with E-state index in [1.165, 1.54) is 12.1 Å². The highest BCUT2D eigenvalue weighted by molar-refractivity contribution is 6.23. The van der Waals surface area contributed by atoms with Gasteiger partial charge < -0.3 is 15.5 Å². The third-order valence-corrected chi connectivity index (χ3v) is 11.0. The van der Waals surface area contributed by atoms with Crippen LogP contribution in [-0.2, 0) is 9.59 Å². The lowest BCUT2D eigenvalue weighted by Gasteiger charge is -2.35. The Morgan fingerprint density at radius 1 is 0.918 bits per heavy atom. The van der Waals surface area contributed by atoms with Crippen LogP contribution in [0.4, 0.5) is 11.4 Å². The van der Waals surface area contributed by atoms with Gasteiger partial charge in [0.1, 0.15) is 6.04 Å². The van der Waals surface area contributed by atoms with Crippen molar-refractivity contribution in [1.82, 2.24) is 35.3 Å². The first-order valence-corrected chi connectivity index (χ1v) is 17.3. The van der Waals surface area contributed by atoms with Crippen LogP contribution < -0.4 is 20.9 Å². The lowest BCUT2D eigenvalue weighted by Crippen LogP contribution is -2.54. The van der Waals surface area contributed by atoms with Crippen LogP contribution in [0.3, 0.4) is 0 Å². The highest BCUT2D eigenvalue weighted by Gasteiger charge is 2.44. The van der Waals surface area contributed by atoms with E-state index in [2.05, 4.69) is 55.0 Å². The van der Waals surface area contributed by atoms with E-state index in [9.17, 15) is 19.2 Å². The Labute approximate surface area is 282 Å². The molecule has 3 saturated heterocycles. The van der Waals surface area contributed by atoms with Gasteiger partial charge in [-0.2, -0.15) is 5.10 Å². The summed E-state index contributed by atoms with van der Waals surface area (Å²) in [4.78, 5) is 63.1. The third kappa shape index (κ3) is 5.32. The smallest absolute Gasteiger partial charge is 0.262 e. The van der Waals surface area contributed by atoms with Gasteiger partial charge in [-0.25, -0.2) is 4.98 Å². The number of carbonyl (C=O) groups is 4. The van der Waals surface area contributed by atoms with E-state index in [0.717, 1.165) is 78.2 Å². The van der Waals surface area contributed by atoms with Crippen molar-refractivity contribution in [3.05, 3.63) is 66.1 Å². The van der Waals surface area contributed by atoms with Gasteiger partial charge in [0.15, 0.2) is 0 Å². The van der Waals surface area contributed by atoms with Gasteiger partial charge in [0.05, 0.1) is 46.3 Å². The van der Waals surface area contributed by atoms with E-state index in [4.69, 9.17) is 9.97 Å². The van der Waals surface area contributed by atoms with E-state index in [-0.39, 0.29) is 29.9 Å². The molecule has 2 aromatic heterocycles. The molecule has 3 N–H and O–H groups in total. The standard InChI is InChI=1S/C36H37N9O4/c46-33-8-7-32(34(47)42-33)45-35(48)27-5-3-22(13-28(27)36(45)49)37-9-1-2-20-10-25(11-20)44-18-21(15-40-44)31-17-39-29-6-4-24(14-30(29)41-31)43-19-23-12-26(43)16-38-23/h3-6,13-15,17-18,20,23,25-26,32,37-38H,1-2,7-12,16,19H2,(H,42,46,47)/t20?,23-,25?,26-,32?/m0/s1. The number of piperazine rings is 1. The molecular weight excluding hydrogens is 622 g/mol. The van der Waals surface area contributed by atoms with Crippen molar-refractivity contribution in [3.8, 4) is 11.3 Å². The van der Waals surface area contributed by atoms with Crippen molar-refractivity contribution >= 4 is 46.0 Å². The largest absolute Gasteiger partial charge is 0.385 e. The molecule has 6 heterocycles. The molecule has 250 valence electrons. The molecule has 1 aliphatic carbocycles. The third-order valence-electron chi connectivity index (χ3n) is 11.0. The van der Waals surface area contributed by atoms with Crippen molar-refractivity contribution in [3.63, 3.8) is 0 Å². The Bertz CT molecular complexity index is 2020. The van der Waals surface area contributed by atoms with Crippen molar-refractivity contribution in [2.75, 3.05) is 29.9 Å². The van der Waals surface area contributed by atoms with Gasteiger partial charge in [-0.05, 0) is 80.8 Å². The normalized spacial score (nSPS) is 26.0. The number of nitrogens with zero attached hydrogens (tertiary/aromatic N) is 6. The molecule has 4 fully saturated rings. The van der Waals surface area contributed by atoms with Gasteiger partial charge in [0.25, 0.3) is 11.8 Å². The summed E-state index contributed by atoms with van der Waals surface area (Å²) in [7, 11) is 0. The van der Waals surface area contributed by atoms with Crippen LogP contribution in [0.2, 0.25) is 0 Å². The molecular formula is C36H37N9O4. The number of hydrogen-bond acceptors (Lipinski definition) is 10. The Morgan fingerprint density at radius 3 is 2.61 bits per heavy atom. The van der Waals surface area contributed by atoms with E-state index in [1.807, 2.05) is 12.4 Å². The first-order valence-electron chi connectivity index (χ1n) is 17.3. The first-order chi connectivity index (χ1) is 23.9. The molecule has 5 aliphatic rings. The van der Waals surface area contributed by atoms with Crippen LogP contribution in [-0.4, -0.2) is 86.0 Å². The minimum atomic E-state index is -0.963. The van der Waals surface area contributed by atoms with Gasteiger partial charge in [0, 0.05) is 61.3 Å². The fraction of sp³-hybridized carbons (Fsp3) is 0.417. The molecule has 0 spiro atoms. The van der Waals surface area contributed by atoms with Gasteiger partial charge in [-0.1, -0.05) is 0 Å². The number of piperidine rings is 1. The first kappa shape index (κ1) is 29.9. The van der Waals surface area contributed by atoms with Gasteiger partial charge in [-0.15, -0.1) is 0 Å². The Hall–Kier alpha value is -5.17. The van der Waals surface area contributed by atoms with Crippen molar-refractivity contribution in [1.29, 1.82) is 0 Å².